The summed E-state index contributed by atoms with van der Waals surface area (Å²) in [6.45, 7) is 14.7. The maximum absolute atomic E-state index is 5.94. The Morgan fingerprint density at radius 2 is 1.47 bits per heavy atom. The van der Waals surface area contributed by atoms with E-state index in [-0.39, 0.29) is 18.3 Å². The van der Waals surface area contributed by atoms with Gasteiger partial charge in [-0.3, -0.25) is 0 Å². The molecule has 0 aromatic rings. The van der Waals surface area contributed by atoms with Gasteiger partial charge in [-0.15, -0.1) is 0 Å². The van der Waals surface area contributed by atoms with Gasteiger partial charge in [0.25, 0.3) is 0 Å². The topological polar surface area (TPSA) is 18.5 Å². The van der Waals surface area contributed by atoms with Crippen LogP contribution in [0.5, 0.6) is 0 Å². The van der Waals surface area contributed by atoms with Crippen molar-refractivity contribution in [3.05, 3.63) is 11.5 Å². The van der Waals surface area contributed by atoms with E-state index in [4.69, 9.17) is 9.31 Å². The molecule has 0 amide bonds. The molecule has 2 nitrogen and oxygen atoms in total. The van der Waals surface area contributed by atoms with Crippen molar-refractivity contribution >= 4 is 7.12 Å². The summed E-state index contributed by atoms with van der Waals surface area (Å²) in [5.74, 6) is 0.532. The fourth-order valence-electron chi connectivity index (χ4n) is 1.63. The van der Waals surface area contributed by atoms with Gasteiger partial charge in [0.05, 0.1) is 11.2 Å². The summed E-state index contributed by atoms with van der Waals surface area (Å²) in [6, 6.07) is 0. The second-order valence-corrected chi connectivity index (χ2v) is 5.74. The van der Waals surface area contributed by atoms with Gasteiger partial charge in [0.15, 0.2) is 0 Å². The van der Waals surface area contributed by atoms with Crippen molar-refractivity contribution in [2.75, 3.05) is 0 Å². The zero-order valence-corrected chi connectivity index (χ0v) is 11.0. The third kappa shape index (κ3) is 2.64. The van der Waals surface area contributed by atoms with E-state index in [9.17, 15) is 0 Å². The van der Waals surface area contributed by atoms with Gasteiger partial charge in [-0.1, -0.05) is 19.9 Å². The summed E-state index contributed by atoms with van der Waals surface area (Å²) >= 11 is 0. The van der Waals surface area contributed by atoms with Crippen LogP contribution < -0.4 is 0 Å². The molecule has 0 aliphatic carbocycles. The van der Waals surface area contributed by atoms with Crippen molar-refractivity contribution in [2.45, 2.75) is 59.7 Å². The predicted molar refractivity (Wildman–Crippen MR) is 64.7 cm³/mol. The monoisotopic (exact) mass is 210 g/mol. The lowest BCUT2D eigenvalue weighted by Crippen LogP contribution is -2.41. The summed E-state index contributed by atoms with van der Waals surface area (Å²) < 4.78 is 11.9. The molecule has 0 bridgehead atoms. The SMILES string of the molecule is C/C(=C\C(C)C)B1OC(C)(C)C(C)(C)O1. The quantitative estimate of drug-likeness (QED) is 0.651. The lowest BCUT2D eigenvalue weighted by molar-refractivity contribution is 0.00578. The van der Waals surface area contributed by atoms with Crippen molar-refractivity contribution in [2.24, 2.45) is 5.92 Å². The van der Waals surface area contributed by atoms with Crippen LogP contribution in [0.2, 0.25) is 0 Å². The molecule has 0 atom stereocenters. The van der Waals surface area contributed by atoms with E-state index in [1.54, 1.807) is 0 Å². The standard InChI is InChI=1S/C12H23BO2/c1-9(2)8-10(3)13-14-11(4,5)12(6,7)15-13/h8-9H,1-7H3/b10-8+. The lowest BCUT2D eigenvalue weighted by atomic mass is 9.78. The molecule has 3 heteroatoms. The molecule has 1 heterocycles. The van der Waals surface area contributed by atoms with Gasteiger partial charge in [0, 0.05) is 0 Å². The molecule has 86 valence electrons. The first-order valence-corrected chi connectivity index (χ1v) is 5.70. The van der Waals surface area contributed by atoms with Crippen LogP contribution in [-0.4, -0.2) is 18.3 Å². The van der Waals surface area contributed by atoms with Crippen molar-refractivity contribution in [1.82, 2.24) is 0 Å². The number of rotatable bonds is 2. The van der Waals surface area contributed by atoms with E-state index in [2.05, 4.69) is 54.5 Å². The molecule has 0 N–H and O–H groups in total. The maximum atomic E-state index is 5.94. The first kappa shape index (κ1) is 12.8. The molecule has 1 fully saturated rings. The third-order valence-electron chi connectivity index (χ3n) is 3.22. The molecule has 1 rings (SSSR count). The van der Waals surface area contributed by atoms with E-state index >= 15 is 0 Å². The van der Waals surface area contributed by atoms with Crippen LogP contribution in [0.3, 0.4) is 0 Å². The van der Waals surface area contributed by atoms with Gasteiger partial charge < -0.3 is 9.31 Å². The summed E-state index contributed by atoms with van der Waals surface area (Å²) in [7, 11) is -0.183. The average Bonchev–Trinajstić information content (AvgIpc) is 2.20. The van der Waals surface area contributed by atoms with E-state index in [1.165, 1.54) is 5.47 Å². The first-order chi connectivity index (χ1) is 6.66. The summed E-state index contributed by atoms with van der Waals surface area (Å²) in [6.07, 6.45) is 2.20. The molecule has 1 aliphatic heterocycles. The van der Waals surface area contributed by atoms with E-state index in [1.807, 2.05) is 0 Å². The zero-order valence-electron chi connectivity index (χ0n) is 11.0. The Bertz CT molecular complexity index is 251. The first-order valence-electron chi connectivity index (χ1n) is 5.70. The highest BCUT2D eigenvalue weighted by Gasteiger charge is 2.51. The Kier molecular flexibility index (Phi) is 3.37. The van der Waals surface area contributed by atoms with Crippen molar-refractivity contribution in [3.63, 3.8) is 0 Å². The number of allylic oxidation sites excluding steroid dienone is 2. The van der Waals surface area contributed by atoms with Crippen LogP contribution in [0.4, 0.5) is 0 Å². The van der Waals surface area contributed by atoms with Crippen LogP contribution in [0.1, 0.15) is 48.5 Å². The summed E-state index contributed by atoms with van der Waals surface area (Å²) in [5, 5.41) is 0. The number of hydrogen-bond acceptors (Lipinski definition) is 2. The van der Waals surface area contributed by atoms with Crippen molar-refractivity contribution in [3.8, 4) is 0 Å². The van der Waals surface area contributed by atoms with Crippen LogP contribution in [0, 0.1) is 5.92 Å². The molecule has 15 heavy (non-hydrogen) atoms. The maximum Gasteiger partial charge on any atom is 0.489 e. The van der Waals surface area contributed by atoms with Gasteiger partial charge >= 0.3 is 7.12 Å². The Morgan fingerprint density at radius 1 is 1.07 bits per heavy atom. The Hall–Kier alpha value is -0.275. The molecule has 0 radical (unpaired) electrons. The summed E-state index contributed by atoms with van der Waals surface area (Å²) in [5.41, 5.74) is 0.705. The minimum absolute atomic E-state index is 0.183. The number of hydrogen-bond donors (Lipinski definition) is 0. The Labute approximate surface area is 94.2 Å². The molecule has 0 spiro atoms. The van der Waals surface area contributed by atoms with E-state index in [0.717, 1.165) is 0 Å². The summed E-state index contributed by atoms with van der Waals surface area (Å²) in [4.78, 5) is 0. The second kappa shape index (κ2) is 3.95. The molecule has 0 aromatic carbocycles. The van der Waals surface area contributed by atoms with Crippen LogP contribution in [0.25, 0.3) is 0 Å². The van der Waals surface area contributed by atoms with Crippen molar-refractivity contribution in [1.29, 1.82) is 0 Å². The Morgan fingerprint density at radius 3 is 1.80 bits per heavy atom. The van der Waals surface area contributed by atoms with Gasteiger partial charge in [-0.25, -0.2) is 0 Å². The predicted octanol–water partition coefficient (Wildman–Crippen LogP) is 3.22. The molecular formula is C12H23BO2. The van der Waals surface area contributed by atoms with Crippen molar-refractivity contribution < 1.29 is 9.31 Å². The highest BCUT2D eigenvalue weighted by atomic mass is 16.7. The fraction of sp³-hybridized carbons (Fsp3) is 0.833. The average molecular weight is 210 g/mol. The highest BCUT2D eigenvalue weighted by Crippen LogP contribution is 2.38. The Balaban J connectivity index is 2.79. The van der Waals surface area contributed by atoms with E-state index < -0.39 is 0 Å². The molecule has 1 saturated heterocycles. The van der Waals surface area contributed by atoms with E-state index in [0.29, 0.717) is 5.92 Å². The van der Waals surface area contributed by atoms with Gasteiger partial charge in [0.2, 0.25) is 0 Å². The normalized spacial score (nSPS) is 25.1. The highest BCUT2D eigenvalue weighted by molar-refractivity contribution is 6.54. The van der Waals surface area contributed by atoms with Gasteiger partial charge in [-0.05, 0) is 46.0 Å². The van der Waals surface area contributed by atoms with Crippen LogP contribution >= 0.6 is 0 Å². The minimum atomic E-state index is -0.232. The fourth-order valence-corrected chi connectivity index (χ4v) is 1.63. The molecule has 0 saturated carbocycles. The van der Waals surface area contributed by atoms with Crippen LogP contribution in [-0.2, 0) is 9.31 Å². The van der Waals surface area contributed by atoms with Gasteiger partial charge in [0.1, 0.15) is 0 Å². The molecule has 0 aromatic heterocycles. The minimum Gasteiger partial charge on any atom is -0.400 e. The lowest BCUT2D eigenvalue weighted by Gasteiger charge is -2.32. The second-order valence-electron chi connectivity index (χ2n) is 5.74. The third-order valence-corrected chi connectivity index (χ3v) is 3.22. The zero-order chi connectivity index (χ0) is 11.9. The molecular weight excluding hydrogens is 187 g/mol. The van der Waals surface area contributed by atoms with Gasteiger partial charge in [-0.2, -0.15) is 0 Å². The van der Waals surface area contributed by atoms with Crippen LogP contribution in [0.15, 0.2) is 11.5 Å². The molecule has 1 aliphatic rings. The molecule has 0 unspecified atom stereocenters. The largest absolute Gasteiger partial charge is 0.489 e. The smallest absolute Gasteiger partial charge is 0.400 e.